The van der Waals surface area contributed by atoms with Crippen molar-refractivity contribution >= 4 is 33.7 Å². The molecule has 2 aromatic carbocycles. The maximum Gasteiger partial charge on any atom is 0.312 e. The molecule has 0 aromatic heterocycles. The number of carbonyl (C=O) groups is 1. The van der Waals surface area contributed by atoms with E-state index >= 15 is 0 Å². The SMILES string of the molecule is Cc1cccc(C(=O)N/N=C\c2cc(Br)cc([N+](=O)[O-])c2O)c1. The number of nitro benzene ring substituents is 1. The van der Waals surface area contributed by atoms with Crippen LogP contribution in [-0.4, -0.2) is 22.2 Å². The first-order valence-corrected chi connectivity index (χ1v) is 7.25. The topological polar surface area (TPSA) is 105 Å². The third-order valence-corrected chi connectivity index (χ3v) is 3.39. The number of amides is 1. The van der Waals surface area contributed by atoms with E-state index < -0.39 is 22.3 Å². The number of aromatic hydroxyl groups is 1. The molecule has 2 aromatic rings. The Morgan fingerprint density at radius 2 is 2.13 bits per heavy atom. The fourth-order valence-electron chi connectivity index (χ4n) is 1.85. The van der Waals surface area contributed by atoms with E-state index in [1.807, 2.05) is 13.0 Å². The standard InChI is InChI=1S/C15H12BrN3O4/c1-9-3-2-4-10(5-9)15(21)18-17-8-11-6-12(16)7-13(14(11)20)19(22)23/h2-8,20H,1H3,(H,18,21)/b17-8-. The highest BCUT2D eigenvalue weighted by atomic mass is 79.9. The Bertz CT molecular complexity index is 805. The van der Waals surface area contributed by atoms with Crippen molar-refractivity contribution in [3.8, 4) is 5.75 Å². The normalized spacial score (nSPS) is 10.7. The van der Waals surface area contributed by atoms with Crippen LogP contribution < -0.4 is 5.43 Å². The lowest BCUT2D eigenvalue weighted by Crippen LogP contribution is -2.17. The number of nitrogens with zero attached hydrogens (tertiary/aromatic N) is 2. The summed E-state index contributed by atoms with van der Waals surface area (Å²) in [6, 6.07) is 9.57. The highest BCUT2D eigenvalue weighted by Crippen LogP contribution is 2.32. The van der Waals surface area contributed by atoms with Crippen LogP contribution in [0.3, 0.4) is 0 Å². The number of hydrogen-bond donors (Lipinski definition) is 2. The molecule has 0 atom stereocenters. The van der Waals surface area contributed by atoms with Gasteiger partial charge in [0.15, 0.2) is 0 Å². The first kappa shape index (κ1) is 16.6. The van der Waals surface area contributed by atoms with E-state index in [4.69, 9.17) is 0 Å². The van der Waals surface area contributed by atoms with Gasteiger partial charge in [0.05, 0.1) is 11.1 Å². The number of halogens is 1. The second-order valence-corrected chi connectivity index (χ2v) is 5.60. The Hall–Kier alpha value is -2.74. The molecule has 2 N–H and O–H groups in total. The van der Waals surface area contributed by atoms with Gasteiger partial charge in [-0.3, -0.25) is 14.9 Å². The minimum absolute atomic E-state index is 0.107. The van der Waals surface area contributed by atoms with Gasteiger partial charge in [-0.05, 0) is 25.1 Å². The third kappa shape index (κ3) is 4.13. The maximum atomic E-state index is 11.9. The average Bonchev–Trinajstić information content (AvgIpc) is 2.49. The van der Waals surface area contributed by atoms with Gasteiger partial charge in [-0.25, -0.2) is 5.43 Å². The number of hydrazone groups is 1. The number of aryl methyl sites for hydroxylation is 1. The molecule has 0 spiro atoms. The Morgan fingerprint density at radius 1 is 1.39 bits per heavy atom. The van der Waals surface area contributed by atoms with Gasteiger partial charge >= 0.3 is 5.69 Å². The molecule has 2 rings (SSSR count). The number of rotatable bonds is 4. The number of carbonyl (C=O) groups excluding carboxylic acids is 1. The van der Waals surface area contributed by atoms with Crippen molar-refractivity contribution in [1.82, 2.24) is 5.43 Å². The van der Waals surface area contributed by atoms with E-state index in [0.717, 1.165) is 11.8 Å². The van der Waals surface area contributed by atoms with E-state index in [2.05, 4.69) is 26.5 Å². The first-order chi connectivity index (χ1) is 10.9. The summed E-state index contributed by atoms with van der Waals surface area (Å²) in [5.74, 6) is -0.944. The summed E-state index contributed by atoms with van der Waals surface area (Å²) in [4.78, 5) is 22.0. The molecule has 1 amide bonds. The maximum absolute atomic E-state index is 11.9. The summed E-state index contributed by atoms with van der Waals surface area (Å²) < 4.78 is 0.411. The van der Waals surface area contributed by atoms with Gasteiger partial charge in [0.2, 0.25) is 5.75 Å². The Labute approximate surface area is 139 Å². The lowest BCUT2D eigenvalue weighted by atomic mass is 10.1. The molecule has 23 heavy (non-hydrogen) atoms. The summed E-state index contributed by atoms with van der Waals surface area (Å²) in [7, 11) is 0. The van der Waals surface area contributed by atoms with E-state index in [1.165, 1.54) is 12.1 Å². The van der Waals surface area contributed by atoms with Crippen LogP contribution in [0.5, 0.6) is 5.75 Å². The summed E-state index contributed by atoms with van der Waals surface area (Å²) >= 11 is 3.12. The molecule has 118 valence electrons. The number of nitrogens with one attached hydrogen (secondary N) is 1. The lowest BCUT2D eigenvalue weighted by molar-refractivity contribution is -0.385. The monoisotopic (exact) mass is 377 g/mol. The van der Waals surface area contributed by atoms with Crippen LogP contribution in [0.4, 0.5) is 5.69 Å². The summed E-state index contributed by atoms with van der Waals surface area (Å²) in [6.07, 6.45) is 1.14. The quantitative estimate of drug-likeness (QED) is 0.484. The van der Waals surface area contributed by atoms with Gasteiger partial charge in [-0.1, -0.05) is 33.6 Å². The zero-order valence-corrected chi connectivity index (χ0v) is 13.6. The van der Waals surface area contributed by atoms with Gasteiger partial charge in [-0.15, -0.1) is 0 Å². The summed E-state index contributed by atoms with van der Waals surface area (Å²) in [5, 5.41) is 24.4. The van der Waals surface area contributed by atoms with Crippen LogP contribution in [0.15, 0.2) is 46.0 Å². The van der Waals surface area contributed by atoms with Crippen molar-refractivity contribution in [1.29, 1.82) is 0 Å². The van der Waals surface area contributed by atoms with Crippen molar-refractivity contribution in [2.45, 2.75) is 6.92 Å². The second kappa shape index (κ2) is 7.01. The van der Waals surface area contributed by atoms with Crippen LogP contribution in [0.2, 0.25) is 0 Å². The van der Waals surface area contributed by atoms with E-state index in [0.29, 0.717) is 10.0 Å². The van der Waals surface area contributed by atoms with Crippen LogP contribution in [0, 0.1) is 17.0 Å². The molecule has 0 saturated heterocycles. The van der Waals surface area contributed by atoms with Crippen LogP contribution in [0.25, 0.3) is 0 Å². The predicted octanol–water partition coefficient (Wildman–Crippen LogP) is 3.14. The van der Waals surface area contributed by atoms with Gasteiger partial charge in [0.25, 0.3) is 5.91 Å². The minimum Gasteiger partial charge on any atom is -0.502 e. The van der Waals surface area contributed by atoms with Crippen LogP contribution in [0.1, 0.15) is 21.5 Å². The Morgan fingerprint density at radius 3 is 2.78 bits per heavy atom. The average molecular weight is 378 g/mol. The molecular weight excluding hydrogens is 366 g/mol. The molecule has 0 unspecified atom stereocenters. The van der Waals surface area contributed by atoms with Crippen molar-refractivity contribution in [2.75, 3.05) is 0 Å². The number of phenols is 1. The van der Waals surface area contributed by atoms with Crippen LogP contribution in [-0.2, 0) is 0 Å². The molecule has 0 radical (unpaired) electrons. The van der Waals surface area contributed by atoms with Crippen molar-refractivity contribution < 1.29 is 14.8 Å². The van der Waals surface area contributed by atoms with E-state index in [1.54, 1.807) is 18.2 Å². The van der Waals surface area contributed by atoms with Crippen molar-refractivity contribution in [3.05, 3.63) is 67.7 Å². The van der Waals surface area contributed by atoms with Gasteiger partial charge in [0, 0.05) is 21.7 Å². The molecule has 7 nitrogen and oxygen atoms in total. The predicted molar refractivity (Wildman–Crippen MR) is 88.7 cm³/mol. The first-order valence-electron chi connectivity index (χ1n) is 6.45. The lowest BCUT2D eigenvalue weighted by Gasteiger charge is -2.03. The molecule has 0 bridgehead atoms. The van der Waals surface area contributed by atoms with E-state index in [9.17, 15) is 20.0 Å². The number of nitro groups is 1. The molecule has 0 heterocycles. The fraction of sp³-hybridized carbons (Fsp3) is 0.0667. The highest BCUT2D eigenvalue weighted by Gasteiger charge is 2.17. The molecule has 0 aliphatic rings. The Balaban J connectivity index is 2.18. The Kier molecular flexibility index (Phi) is 5.07. The smallest absolute Gasteiger partial charge is 0.312 e. The molecule has 8 heteroatoms. The summed E-state index contributed by atoms with van der Waals surface area (Å²) in [6.45, 7) is 1.86. The summed E-state index contributed by atoms with van der Waals surface area (Å²) in [5.41, 5.74) is 3.33. The molecular formula is C15H12BrN3O4. The number of phenolic OH excluding ortho intramolecular Hbond substituents is 1. The minimum atomic E-state index is -0.706. The van der Waals surface area contributed by atoms with Crippen molar-refractivity contribution in [2.24, 2.45) is 5.10 Å². The molecule has 0 aliphatic heterocycles. The van der Waals surface area contributed by atoms with E-state index in [-0.39, 0.29) is 5.56 Å². The zero-order valence-electron chi connectivity index (χ0n) is 12.0. The van der Waals surface area contributed by atoms with Gasteiger partial charge < -0.3 is 5.11 Å². The van der Waals surface area contributed by atoms with Crippen LogP contribution >= 0.6 is 15.9 Å². The second-order valence-electron chi connectivity index (χ2n) is 4.69. The zero-order chi connectivity index (χ0) is 17.0. The fourth-order valence-corrected chi connectivity index (χ4v) is 2.32. The third-order valence-electron chi connectivity index (χ3n) is 2.93. The number of benzene rings is 2. The van der Waals surface area contributed by atoms with Crippen molar-refractivity contribution in [3.63, 3.8) is 0 Å². The molecule has 0 fully saturated rings. The molecule has 0 saturated carbocycles. The molecule has 0 aliphatic carbocycles. The highest BCUT2D eigenvalue weighted by molar-refractivity contribution is 9.10. The largest absolute Gasteiger partial charge is 0.502 e. The number of hydrogen-bond acceptors (Lipinski definition) is 5. The van der Waals surface area contributed by atoms with Gasteiger partial charge in [-0.2, -0.15) is 5.10 Å². The van der Waals surface area contributed by atoms with Gasteiger partial charge in [0.1, 0.15) is 0 Å².